The molecule has 1 fully saturated rings. The van der Waals surface area contributed by atoms with E-state index in [0.29, 0.717) is 6.54 Å². The van der Waals surface area contributed by atoms with Gasteiger partial charge in [0.15, 0.2) is 0 Å². The maximum absolute atomic E-state index is 11.7. The zero-order valence-corrected chi connectivity index (χ0v) is 9.94. The normalized spacial score (nSPS) is 21.4. The Hall–Kier alpha value is -0.360. The summed E-state index contributed by atoms with van der Waals surface area (Å²) in [5.41, 5.74) is 0.0867. The van der Waals surface area contributed by atoms with Crippen LogP contribution in [0.2, 0.25) is 0 Å². The average Bonchev–Trinajstić information content (AvgIpc) is 2.66. The molecule has 0 aliphatic carbocycles. The van der Waals surface area contributed by atoms with E-state index in [1.165, 1.54) is 0 Å². The monoisotopic (exact) mass is 305 g/mol. The van der Waals surface area contributed by atoms with Gasteiger partial charge >= 0.3 is 0 Å². The maximum atomic E-state index is 11.7. The van der Waals surface area contributed by atoms with Crippen molar-refractivity contribution >= 4 is 22.6 Å². The summed E-state index contributed by atoms with van der Waals surface area (Å²) in [5.74, 6) is 0. The molecule has 0 amide bonds. The van der Waals surface area contributed by atoms with Gasteiger partial charge in [0.25, 0.3) is 5.56 Å². The first kappa shape index (κ1) is 10.2. The summed E-state index contributed by atoms with van der Waals surface area (Å²) in [7, 11) is 0. The van der Waals surface area contributed by atoms with Crippen LogP contribution in [0.1, 0.15) is 12.8 Å². The lowest BCUT2D eigenvalue weighted by atomic mass is 10.2. The van der Waals surface area contributed by atoms with E-state index in [1.54, 1.807) is 4.57 Å². The summed E-state index contributed by atoms with van der Waals surface area (Å²) in [6.07, 6.45) is 4.24. The zero-order valence-electron chi connectivity index (χ0n) is 7.78. The van der Waals surface area contributed by atoms with Crippen LogP contribution in [0.15, 0.2) is 23.1 Å². The molecule has 0 bridgehead atoms. The Morgan fingerprint density at radius 3 is 3.21 bits per heavy atom. The van der Waals surface area contributed by atoms with E-state index in [0.717, 1.165) is 23.0 Å². The highest BCUT2D eigenvalue weighted by molar-refractivity contribution is 14.1. The summed E-state index contributed by atoms with van der Waals surface area (Å²) < 4.78 is 7.99. The van der Waals surface area contributed by atoms with Crippen molar-refractivity contribution in [2.75, 3.05) is 6.61 Å². The predicted octanol–water partition coefficient (Wildman–Crippen LogP) is 1.63. The Labute approximate surface area is 96.2 Å². The van der Waals surface area contributed by atoms with Crippen molar-refractivity contribution in [3.63, 3.8) is 0 Å². The molecule has 1 aliphatic rings. The largest absolute Gasteiger partial charge is 0.376 e. The highest BCUT2D eigenvalue weighted by Crippen LogP contribution is 2.13. The molecule has 0 N–H and O–H groups in total. The molecule has 0 spiro atoms. The molecule has 1 aromatic heterocycles. The highest BCUT2D eigenvalue weighted by Gasteiger charge is 2.16. The molecule has 76 valence electrons. The van der Waals surface area contributed by atoms with Crippen molar-refractivity contribution in [1.29, 1.82) is 0 Å². The van der Waals surface area contributed by atoms with Gasteiger partial charge in [-0.1, -0.05) is 0 Å². The third-order valence-electron chi connectivity index (χ3n) is 2.40. The molecule has 3 nitrogen and oxygen atoms in total. The Bertz CT molecular complexity index is 369. The van der Waals surface area contributed by atoms with Crippen LogP contribution < -0.4 is 5.56 Å². The lowest BCUT2D eigenvalue weighted by Gasteiger charge is -2.11. The molecule has 1 aliphatic heterocycles. The minimum atomic E-state index is 0.0867. The molecule has 0 saturated carbocycles. The van der Waals surface area contributed by atoms with E-state index in [9.17, 15) is 4.79 Å². The van der Waals surface area contributed by atoms with Gasteiger partial charge in [0.2, 0.25) is 0 Å². The molecular formula is C10H12INO2. The number of ether oxygens (including phenoxy) is 1. The molecule has 1 atom stereocenters. The van der Waals surface area contributed by atoms with Crippen LogP contribution in [0.25, 0.3) is 0 Å². The summed E-state index contributed by atoms with van der Waals surface area (Å²) in [4.78, 5) is 11.7. The lowest BCUT2D eigenvalue weighted by Crippen LogP contribution is -2.27. The standard InChI is InChI=1S/C10H12INO2/c11-9-4-1-5-12(10(9)13)7-8-3-2-6-14-8/h1,4-5,8H,2-3,6-7H2. The van der Waals surface area contributed by atoms with E-state index in [1.807, 2.05) is 18.3 Å². The van der Waals surface area contributed by atoms with Crippen molar-refractivity contribution in [2.24, 2.45) is 0 Å². The van der Waals surface area contributed by atoms with Crippen LogP contribution in [0.4, 0.5) is 0 Å². The quantitative estimate of drug-likeness (QED) is 0.778. The summed E-state index contributed by atoms with van der Waals surface area (Å²) in [5, 5.41) is 0. The highest BCUT2D eigenvalue weighted by atomic mass is 127. The van der Waals surface area contributed by atoms with E-state index >= 15 is 0 Å². The van der Waals surface area contributed by atoms with Crippen molar-refractivity contribution in [1.82, 2.24) is 4.57 Å². The molecule has 1 unspecified atom stereocenters. The molecule has 14 heavy (non-hydrogen) atoms. The van der Waals surface area contributed by atoms with Gasteiger partial charge in [-0.05, 0) is 47.6 Å². The number of aromatic nitrogens is 1. The second kappa shape index (κ2) is 4.44. The fourth-order valence-corrected chi connectivity index (χ4v) is 2.18. The first-order valence-corrected chi connectivity index (χ1v) is 5.82. The Kier molecular flexibility index (Phi) is 3.22. The summed E-state index contributed by atoms with van der Waals surface area (Å²) >= 11 is 2.06. The summed E-state index contributed by atoms with van der Waals surface area (Å²) in [6.45, 7) is 1.53. The molecule has 4 heteroatoms. The van der Waals surface area contributed by atoms with Gasteiger partial charge in [-0.15, -0.1) is 0 Å². The number of halogens is 1. The van der Waals surface area contributed by atoms with Crippen LogP contribution in [-0.2, 0) is 11.3 Å². The van der Waals surface area contributed by atoms with Crippen molar-refractivity contribution in [3.8, 4) is 0 Å². The average molecular weight is 305 g/mol. The van der Waals surface area contributed by atoms with Gasteiger partial charge < -0.3 is 9.30 Å². The van der Waals surface area contributed by atoms with E-state index in [-0.39, 0.29) is 11.7 Å². The number of hydrogen-bond donors (Lipinski definition) is 0. The summed E-state index contributed by atoms with van der Waals surface area (Å²) in [6, 6.07) is 3.73. The predicted molar refractivity (Wildman–Crippen MR) is 62.4 cm³/mol. The van der Waals surface area contributed by atoms with Crippen molar-refractivity contribution in [2.45, 2.75) is 25.5 Å². The lowest BCUT2D eigenvalue weighted by molar-refractivity contribution is 0.0961. The Morgan fingerprint density at radius 1 is 1.64 bits per heavy atom. The van der Waals surface area contributed by atoms with Crippen LogP contribution in [0.5, 0.6) is 0 Å². The maximum Gasteiger partial charge on any atom is 0.264 e. The molecule has 1 aromatic rings. The third-order valence-corrected chi connectivity index (χ3v) is 3.22. The second-order valence-corrected chi connectivity index (χ2v) is 4.61. The van der Waals surface area contributed by atoms with Crippen LogP contribution in [-0.4, -0.2) is 17.3 Å². The van der Waals surface area contributed by atoms with Gasteiger partial charge in [0.1, 0.15) is 0 Å². The first-order chi connectivity index (χ1) is 6.77. The third kappa shape index (κ3) is 2.17. The first-order valence-electron chi connectivity index (χ1n) is 4.74. The molecule has 2 rings (SSSR count). The van der Waals surface area contributed by atoms with Gasteiger partial charge in [-0.2, -0.15) is 0 Å². The van der Waals surface area contributed by atoms with Crippen LogP contribution in [0.3, 0.4) is 0 Å². The SMILES string of the molecule is O=c1c(I)cccn1CC1CCCO1. The van der Waals surface area contributed by atoms with Gasteiger partial charge in [-0.25, -0.2) is 0 Å². The van der Waals surface area contributed by atoms with E-state index < -0.39 is 0 Å². The Morgan fingerprint density at radius 2 is 2.50 bits per heavy atom. The number of pyridine rings is 1. The molecule has 0 radical (unpaired) electrons. The number of rotatable bonds is 2. The van der Waals surface area contributed by atoms with E-state index in [2.05, 4.69) is 22.6 Å². The topological polar surface area (TPSA) is 31.2 Å². The van der Waals surface area contributed by atoms with Gasteiger partial charge in [0, 0.05) is 12.8 Å². The zero-order chi connectivity index (χ0) is 9.97. The molecule has 0 aromatic carbocycles. The smallest absolute Gasteiger partial charge is 0.264 e. The van der Waals surface area contributed by atoms with Gasteiger partial charge in [-0.3, -0.25) is 4.79 Å². The van der Waals surface area contributed by atoms with Crippen LogP contribution >= 0.6 is 22.6 Å². The number of nitrogens with zero attached hydrogens (tertiary/aromatic N) is 1. The fraction of sp³-hybridized carbons (Fsp3) is 0.500. The fourth-order valence-electron chi connectivity index (χ4n) is 1.66. The van der Waals surface area contributed by atoms with Gasteiger partial charge in [0.05, 0.1) is 16.2 Å². The van der Waals surface area contributed by atoms with E-state index in [4.69, 9.17) is 4.74 Å². The molecule has 2 heterocycles. The molecule has 1 saturated heterocycles. The minimum Gasteiger partial charge on any atom is -0.376 e. The van der Waals surface area contributed by atoms with Crippen LogP contribution in [0, 0.1) is 3.57 Å². The minimum absolute atomic E-state index is 0.0867. The second-order valence-electron chi connectivity index (χ2n) is 3.45. The van der Waals surface area contributed by atoms with Crippen molar-refractivity contribution in [3.05, 3.63) is 32.3 Å². The Balaban J connectivity index is 2.16. The van der Waals surface area contributed by atoms with Crippen molar-refractivity contribution < 1.29 is 4.74 Å². The number of hydrogen-bond acceptors (Lipinski definition) is 2. The molecular weight excluding hydrogens is 293 g/mol.